The normalized spacial score (nSPS) is 14.0. The van der Waals surface area contributed by atoms with Crippen molar-refractivity contribution in [3.05, 3.63) is 82.0 Å². The highest BCUT2D eigenvalue weighted by molar-refractivity contribution is 8.19. The molecular weight excluding hydrogens is 408 g/mol. The lowest BCUT2D eigenvalue weighted by Crippen LogP contribution is -2.13. The molecule has 1 fully saturated rings. The van der Waals surface area contributed by atoms with E-state index in [0.29, 0.717) is 26.4 Å². The summed E-state index contributed by atoms with van der Waals surface area (Å²) in [6.07, 6.45) is 0. The van der Waals surface area contributed by atoms with Crippen molar-refractivity contribution in [3.8, 4) is 0 Å². The van der Waals surface area contributed by atoms with Gasteiger partial charge in [0.2, 0.25) is 0 Å². The SMILES string of the molecule is O=C(Nc1cccc(NC(=O)c2cccs2)c1)c1ccc(C2SCCS2)cc1. The van der Waals surface area contributed by atoms with E-state index in [1.165, 1.54) is 28.4 Å². The first-order chi connectivity index (χ1) is 13.7. The van der Waals surface area contributed by atoms with Gasteiger partial charge >= 0.3 is 0 Å². The number of amides is 2. The lowest BCUT2D eigenvalue weighted by atomic mass is 10.1. The van der Waals surface area contributed by atoms with Gasteiger partial charge in [0.25, 0.3) is 11.8 Å². The summed E-state index contributed by atoms with van der Waals surface area (Å²) < 4.78 is 0.473. The Labute approximate surface area is 176 Å². The Morgan fingerprint density at radius 2 is 1.50 bits per heavy atom. The Hall–Kier alpha value is -2.22. The molecule has 2 aromatic carbocycles. The van der Waals surface area contributed by atoms with E-state index in [1.807, 2.05) is 59.2 Å². The van der Waals surface area contributed by atoms with Crippen molar-refractivity contribution < 1.29 is 9.59 Å². The molecule has 1 aliphatic heterocycles. The number of hydrogen-bond acceptors (Lipinski definition) is 5. The van der Waals surface area contributed by atoms with Gasteiger partial charge in [-0.15, -0.1) is 34.9 Å². The Bertz CT molecular complexity index is 966. The van der Waals surface area contributed by atoms with E-state index in [1.54, 1.807) is 30.3 Å². The standard InChI is InChI=1S/C21H18N2O2S3/c24-19(14-6-8-15(9-7-14)21-27-11-12-28-21)22-16-3-1-4-17(13-16)23-20(25)18-5-2-10-26-18/h1-10,13,21H,11-12H2,(H,22,24)(H,23,25). The molecule has 0 radical (unpaired) electrons. The molecule has 0 spiro atoms. The topological polar surface area (TPSA) is 58.2 Å². The van der Waals surface area contributed by atoms with Gasteiger partial charge < -0.3 is 10.6 Å². The molecule has 7 heteroatoms. The smallest absolute Gasteiger partial charge is 0.265 e. The Morgan fingerprint density at radius 1 is 0.821 bits per heavy atom. The van der Waals surface area contributed by atoms with Crippen molar-refractivity contribution in [1.82, 2.24) is 0 Å². The van der Waals surface area contributed by atoms with Crippen LogP contribution in [-0.2, 0) is 0 Å². The molecule has 2 N–H and O–H groups in total. The number of thiophene rings is 1. The van der Waals surface area contributed by atoms with Gasteiger partial charge in [-0.05, 0) is 47.3 Å². The summed E-state index contributed by atoms with van der Waals surface area (Å²) in [5, 5.41) is 7.61. The van der Waals surface area contributed by atoms with E-state index < -0.39 is 0 Å². The van der Waals surface area contributed by atoms with Gasteiger partial charge in [-0.2, -0.15) is 0 Å². The average molecular weight is 427 g/mol. The quantitative estimate of drug-likeness (QED) is 0.547. The lowest BCUT2D eigenvalue weighted by molar-refractivity contribution is 0.102. The molecule has 0 saturated carbocycles. The van der Waals surface area contributed by atoms with Crippen LogP contribution in [0.3, 0.4) is 0 Å². The highest BCUT2D eigenvalue weighted by atomic mass is 32.2. The van der Waals surface area contributed by atoms with E-state index in [9.17, 15) is 9.59 Å². The highest BCUT2D eigenvalue weighted by Crippen LogP contribution is 2.45. The van der Waals surface area contributed by atoms with Crippen LogP contribution in [0, 0.1) is 0 Å². The van der Waals surface area contributed by atoms with E-state index in [4.69, 9.17) is 0 Å². The summed E-state index contributed by atoms with van der Waals surface area (Å²) in [4.78, 5) is 25.4. The fourth-order valence-corrected chi connectivity index (χ4v) is 6.30. The fourth-order valence-electron chi connectivity index (χ4n) is 2.82. The average Bonchev–Trinajstić information content (AvgIpc) is 3.42. The molecule has 28 heavy (non-hydrogen) atoms. The number of anilines is 2. The Morgan fingerprint density at radius 3 is 2.14 bits per heavy atom. The van der Waals surface area contributed by atoms with Crippen LogP contribution in [0.2, 0.25) is 0 Å². The molecule has 142 valence electrons. The second-order valence-electron chi connectivity index (χ2n) is 6.16. The van der Waals surface area contributed by atoms with Crippen LogP contribution in [0.1, 0.15) is 30.2 Å². The second kappa shape index (κ2) is 8.86. The molecule has 0 unspecified atom stereocenters. The summed E-state index contributed by atoms with van der Waals surface area (Å²) in [5.41, 5.74) is 3.15. The summed E-state index contributed by atoms with van der Waals surface area (Å²) >= 11 is 5.28. The largest absolute Gasteiger partial charge is 0.322 e. The minimum atomic E-state index is -0.167. The van der Waals surface area contributed by atoms with Crippen LogP contribution in [-0.4, -0.2) is 23.3 Å². The van der Waals surface area contributed by atoms with Gasteiger partial charge in [-0.1, -0.05) is 24.3 Å². The van der Waals surface area contributed by atoms with Crippen LogP contribution in [0.25, 0.3) is 0 Å². The number of benzene rings is 2. The maximum absolute atomic E-state index is 12.6. The zero-order chi connectivity index (χ0) is 19.3. The third-order valence-corrected chi connectivity index (χ3v) is 8.16. The molecule has 1 saturated heterocycles. The first kappa shape index (κ1) is 19.1. The molecule has 0 atom stereocenters. The van der Waals surface area contributed by atoms with Gasteiger partial charge in [0, 0.05) is 28.4 Å². The Kier molecular flexibility index (Phi) is 6.04. The minimum absolute atomic E-state index is 0.156. The number of rotatable bonds is 5. The van der Waals surface area contributed by atoms with Gasteiger partial charge in [-0.25, -0.2) is 0 Å². The molecule has 0 aliphatic carbocycles. The van der Waals surface area contributed by atoms with Crippen molar-refractivity contribution in [2.24, 2.45) is 0 Å². The fraction of sp³-hybridized carbons (Fsp3) is 0.143. The molecule has 2 heterocycles. The van der Waals surface area contributed by atoms with Gasteiger partial charge in [0.15, 0.2) is 0 Å². The van der Waals surface area contributed by atoms with Crippen LogP contribution >= 0.6 is 34.9 Å². The number of thioether (sulfide) groups is 2. The first-order valence-electron chi connectivity index (χ1n) is 8.78. The first-order valence-corrected chi connectivity index (χ1v) is 11.8. The molecular formula is C21H18N2O2S3. The van der Waals surface area contributed by atoms with Gasteiger partial charge in [-0.3, -0.25) is 9.59 Å². The molecule has 2 amide bonds. The van der Waals surface area contributed by atoms with Crippen molar-refractivity contribution in [3.63, 3.8) is 0 Å². The highest BCUT2D eigenvalue weighted by Gasteiger charge is 2.18. The van der Waals surface area contributed by atoms with Crippen LogP contribution in [0.4, 0.5) is 11.4 Å². The van der Waals surface area contributed by atoms with Crippen LogP contribution in [0.15, 0.2) is 66.0 Å². The molecule has 0 bridgehead atoms. The van der Waals surface area contributed by atoms with E-state index in [2.05, 4.69) is 10.6 Å². The monoisotopic (exact) mass is 426 g/mol. The zero-order valence-electron chi connectivity index (χ0n) is 14.9. The number of hydrogen-bond donors (Lipinski definition) is 2. The van der Waals surface area contributed by atoms with Gasteiger partial charge in [0.05, 0.1) is 9.46 Å². The lowest BCUT2D eigenvalue weighted by Gasteiger charge is -2.10. The third kappa shape index (κ3) is 4.60. The summed E-state index contributed by atoms with van der Waals surface area (Å²) in [6.45, 7) is 0. The van der Waals surface area contributed by atoms with Crippen molar-refractivity contribution in [2.75, 3.05) is 22.1 Å². The molecule has 1 aliphatic rings. The molecule has 4 nitrogen and oxygen atoms in total. The van der Waals surface area contributed by atoms with Crippen molar-refractivity contribution in [1.29, 1.82) is 0 Å². The summed E-state index contributed by atoms with van der Waals surface area (Å²) in [6, 6.07) is 18.6. The van der Waals surface area contributed by atoms with E-state index in [0.717, 1.165) is 0 Å². The number of carbonyl (C=O) groups excluding carboxylic acids is 2. The second-order valence-corrected chi connectivity index (χ2v) is 9.83. The van der Waals surface area contributed by atoms with E-state index >= 15 is 0 Å². The predicted octanol–water partition coefficient (Wildman–Crippen LogP) is 5.73. The minimum Gasteiger partial charge on any atom is -0.322 e. The zero-order valence-corrected chi connectivity index (χ0v) is 17.3. The van der Waals surface area contributed by atoms with Crippen LogP contribution < -0.4 is 10.6 Å². The maximum Gasteiger partial charge on any atom is 0.265 e. The predicted molar refractivity (Wildman–Crippen MR) is 121 cm³/mol. The van der Waals surface area contributed by atoms with E-state index in [-0.39, 0.29) is 11.8 Å². The number of carbonyl (C=O) groups is 2. The number of nitrogens with one attached hydrogen (secondary N) is 2. The third-order valence-electron chi connectivity index (χ3n) is 4.19. The maximum atomic E-state index is 12.6. The van der Waals surface area contributed by atoms with Crippen molar-refractivity contribution in [2.45, 2.75) is 4.58 Å². The molecule has 1 aromatic heterocycles. The van der Waals surface area contributed by atoms with Gasteiger partial charge in [0.1, 0.15) is 0 Å². The van der Waals surface area contributed by atoms with Crippen molar-refractivity contribution >= 4 is 58.0 Å². The summed E-state index contributed by atoms with van der Waals surface area (Å²) in [7, 11) is 0. The summed E-state index contributed by atoms with van der Waals surface area (Å²) in [5.74, 6) is 2.03. The molecule has 3 aromatic rings. The molecule has 4 rings (SSSR count). The van der Waals surface area contributed by atoms with Crippen LogP contribution in [0.5, 0.6) is 0 Å². The Balaban J connectivity index is 1.41.